The molecule has 2 amide bonds. The maximum Gasteiger partial charge on any atom is 0.270 e. The van der Waals surface area contributed by atoms with Crippen LogP contribution in [-0.2, 0) is 10.2 Å². The summed E-state index contributed by atoms with van der Waals surface area (Å²) in [6, 6.07) is 17.4. The quantitative estimate of drug-likeness (QED) is 0.723. The highest BCUT2D eigenvalue weighted by Crippen LogP contribution is 2.27. The van der Waals surface area contributed by atoms with Gasteiger partial charge < -0.3 is 19.5 Å². The summed E-state index contributed by atoms with van der Waals surface area (Å²) in [5.74, 6) is 0.801. The van der Waals surface area contributed by atoms with Crippen molar-refractivity contribution in [1.29, 1.82) is 0 Å². The molecule has 1 saturated heterocycles. The Labute approximate surface area is 176 Å². The lowest BCUT2D eigenvalue weighted by atomic mass is 9.83. The highest BCUT2D eigenvalue weighted by atomic mass is 16.5. The van der Waals surface area contributed by atoms with Gasteiger partial charge in [0.2, 0.25) is 5.91 Å². The summed E-state index contributed by atoms with van der Waals surface area (Å²) in [6.45, 7) is 6.04. The van der Waals surface area contributed by atoms with E-state index in [-0.39, 0.29) is 11.8 Å². The van der Waals surface area contributed by atoms with Gasteiger partial charge in [0.1, 0.15) is 11.4 Å². The summed E-state index contributed by atoms with van der Waals surface area (Å²) in [5.41, 5.74) is 1.84. The van der Waals surface area contributed by atoms with Crippen molar-refractivity contribution in [2.45, 2.75) is 19.3 Å². The van der Waals surface area contributed by atoms with Crippen molar-refractivity contribution in [1.82, 2.24) is 14.8 Å². The zero-order valence-electron chi connectivity index (χ0n) is 17.6. The molecule has 2 heterocycles. The fourth-order valence-electron chi connectivity index (χ4n) is 4.00. The number of fused-ring (bicyclic) bond motifs is 1. The number of nitrogens with zero attached hydrogens (tertiary/aromatic N) is 2. The molecule has 1 aromatic heterocycles. The van der Waals surface area contributed by atoms with E-state index in [4.69, 9.17) is 4.74 Å². The van der Waals surface area contributed by atoms with Gasteiger partial charge in [-0.1, -0.05) is 30.3 Å². The smallest absolute Gasteiger partial charge is 0.270 e. The predicted molar refractivity (Wildman–Crippen MR) is 117 cm³/mol. The van der Waals surface area contributed by atoms with Crippen molar-refractivity contribution in [3.05, 3.63) is 65.9 Å². The van der Waals surface area contributed by atoms with Crippen molar-refractivity contribution in [3.8, 4) is 5.75 Å². The minimum Gasteiger partial charge on any atom is -0.497 e. The van der Waals surface area contributed by atoms with Gasteiger partial charge in [-0.3, -0.25) is 9.59 Å². The summed E-state index contributed by atoms with van der Waals surface area (Å²) in [5, 5.41) is 0.970. The molecule has 4 rings (SSSR count). The predicted octanol–water partition coefficient (Wildman–Crippen LogP) is 3.44. The molecular formula is C24H27N3O3. The van der Waals surface area contributed by atoms with E-state index in [0.29, 0.717) is 31.9 Å². The molecule has 6 nitrogen and oxygen atoms in total. The Morgan fingerprint density at radius 1 is 0.933 bits per heavy atom. The number of amides is 2. The van der Waals surface area contributed by atoms with Crippen molar-refractivity contribution in [2.75, 3.05) is 33.3 Å². The van der Waals surface area contributed by atoms with E-state index >= 15 is 0 Å². The van der Waals surface area contributed by atoms with E-state index < -0.39 is 5.41 Å². The molecule has 2 aromatic carbocycles. The van der Waals surface area contributed by atoms with Crippen LogP contribution in [0.1, 0.15) is 29.9 Å². The number of ether oxygens (including phenoxy) is 1. The van der Waals surface area contributed by atoms with Gasteiger partial charge >= 0.3 is 0 Å². The molecule has 30 heavy (non-hydrogen) atoms. The van der Waals surface area contributed by atoms with Gasteiger partial charge in [-0.25, -0.2) is 0 Å². The highest BCUT2D eigenvalue weighted by molar-refractivity contribution is 5.98. The SMILES string of the molecule is COc1ccc2cc(C(=O)N3CCN(C(=O)C(C)(C)c4ccccc4)CC3)[nH]c2c1. The molecule has 0 atom stereocenters. The van der Waals surface area contributed by atoms with Gasteiger partial charge in [-0.15, -0.1) is 0 Å². The number of rotatable bonds is 4. The average molecular weight is 405 g/mol. The Balaban J connectivity index is 1.43. The van der Waals surface area contributed by atoms with Gasteiger partial charge in [0, 0.05) is 43.1 Å². The van der Waals surface area contributed by atoms with Crippen LogP contribution in [-0.4, -0.2) is 59.9 Å². The minimum absolute atomic E-state index is 0.0421. The Kier molecular flexibility index (Phi) is 5.24. The Hall–Kier alpha value is -3.28. The lowest BCUT2D eigenvalue weighted by Gasteiger charge is -2.38. The topological polar surface area (TPSA) is 65.6 Å². The van der Waals surface area contributed by atoms with E-state index in [1.807, 2.05) is 73.3 Å². The van der Waals surface area contributed by atoms with Gasteiger partial charge in [0.25, 0.3) is 5.91 Å². The van der Waals surface area contributed by atoms with Gasteiger partial charge in [-0.05, 0) is 37.6 Å². The van der Waals surface area contributed by atoms with E-state index in [1.165, 1.54) is 0 Å². The number of hydrogen-bond acceptors (Lipinski definition) is 3. The van der Waals surface area contributed by atoms with Crippen LogP contribution >= 0.6 is 0 Å². The lowest BCUT2D eigenvalue weighted by molar-refractivity contribution is -0.137. The van der Waals surface area contributed by atoms with Crippen LogP contribution in [0.15, 0.2) is 54.6 Å². The molecule has 0 unspecified atom stereocenters. The first-order valence-electron chi connectivity index (χ1n) is 10.2. The number of carbonyl (C=O) groups excluding carboxylic acids is 2. The summed E-state index contributed by atoms with van der Waals surface area (Å²) >= 11 is 0. The van der Waals surface area contributed by atoms with E-state index in [1.54, 1.807) is 12.0 Å². The largest absolute Gasteiger partial charge is 0.497 e. The van der Waals surface area contributed by atoms with E-state index in [2.05, 4.69) is 4.98 Å². The average Bonchev–Trinajstić information content (AvgIpc) is 3.22. The van der Waals surface area contributed by atoms with Crippen LogP contribution in [0, 0.1) is 0 Å². The molecule has 0 saturated carbocycles. The fourth-order valence-corrected chi connectivity index (χ4v) is 4.00. The molecule has 0 spiro atoms. The van der Waals surface area contributed by atoms with Gasteiger partial charge in [-0.2, -0.15) is 0 Å². The monoisotopic (exact) mass is 405 g/mol. The molecule has 1 fully saturated rings. The fraction of sp³-hybridized carbons (Fsp3) is 0.333. The Bertz CT molecular complexity index is 1060. The third kappa shape index (κ3) is 3.65. The standard InChI is InChI=1S/C24H27N3O3/c1-24(2,18-7-5-4-6-8-18)23(29)27-13-11-26(12-14-27)22(28)21-15-17-9-10-19(30-3)16-20(17)25-21/h4-10,15-16,25H,11-14H2,1-3H3. The summed E-state index contributed by atoms with van der Waals surface area (Å²) in [6.07, 6.45) is 0. The zero-order chi connectivity index (χ0) is 21.3. The minimum atomic E-state index is -0.594. The van der Waals surface area contributed by atoms with Crippen molar-refractivity contribution in [3.63, 3.8) is 0 Å². The maximum atomic E-state index is 13.1. The number of piperazine rings is 1. The van der Waals surface area contributed by atoms with E-state index in [9.17, 15) is 9.59 Å². The van der Waals surface area contributed by atoms with E-state index in [0.717, 1.165) is 22.2 Å². The maximum absolute atomic E-state index is 13.1. The number of aromatic nitrogens is 1. The Morgan fingerprint density at radius 2 is 1.60 bits per heavy atom. The molecule has 0 aliphatic carbocycles. The second kappa shape index (κ2) is 7.86. The summed E-state index contributed by atoms with van der Waals surface area (Å²) < 4.78 is 5.25. The molecule has 0 bridgehead atoms. The summed E-state index contributed by atoms with van der Waals surface area (Å²) in [7, 11) is 1.62. The second-order valence-corrected chi connectivity index (χ2v) is 8.21. The molecule has 0 radical (unpaired) electrons. The molecule has 156 valence electrons. The molecular weight excluding hydrogens is 378 g/mol. The lowest BCUT2D eigenvalue weighted by Crippen LogP contribution is -2.54. The van der Waals surface area contributed by atoms with Gasteiger partial charge in [0.15, 0.2) is 0 Å². The third-order valence-corrected chi connectivity index (χ3v) is 5.94. The van der Waals surface area contributed by atoms with Gasteiger partial charge in [0.05, 0.1) is 12.5 Å². The Morgan fingerprint density at radius 3 is 2.27 bits per heavy atom. The van der Waals surface area contributed by atoms with Crippen LogP contribution < -0.4 is 4.74 Å². The molecule has 1 aliphatic rings. The number of nitrogens with one attached hydrogen (secondary N) is 1. The number of H-pyrrole nitrogens is 1. The normalized spacial score (nSPS) is 14.8. The third-order valence-electron chi connectivity index (χ3n) is 5.94. The molecule has 1 N–H and O–H groups in total. The molecule has 1 aliphatic heterocycles. The number of methoxy groups -OCH3 is 1. The number of hydrogen-bond donors (Lipinski definition) is 1. The zero-order valence-corrected chi connectivity index (χ0v) is 17.6. The van der Waals surface area contributed by atoms with Crippen molar-refractivity contribution < 1.29 is 14.3 Å². The van der Waals surface area contributed by atoms with Crippen LogP contribution in [0.25, 0.3) is 10.9 Å². The van der Waals surface area contributed by atoms with Crippen LogP contribution in [0.5, 0.6) is 5.75 Å². The molecule has 6 heteroatoms. The molecule has 3 aromatic rings. The van der Waals surface area contributed by atoms with Crippen LogP contribution in [0.4, 0.5) is 0 Å². The number of aromatic amines is 1. The van der Waals surface area contributed by atoms with Crippen LogP contribution in [0.3, 0.4) is 0 Å². The van der Waals surface area contributed by atoms with Crippen molar-refractivity contribution >= 4 is 22.7 Å². The first kappa shape index (κ1) is 20.0. The first-order valence-corrected chi connectivity index (χ1v) is 10.2. The summed E-state index contributed by atoms with van der Waals surface area (Å²) in [4.78, 5) is 33.0. The number of benzene rings is 2. The number of carbonyl (C=O) groups is 2. The van der Waals surface area contributed by atoms with Crippen molar-refractivity contribution in [2.24, 2.45) is 0 Å². The highest BCUT2D eigenvalue weighted by Gasteiger charge is 2.35. The second-order valence-electron chi connectivity index (χ2n) is 8.21. The van der Waals surface area contributed by atoms with Crippen LogP contribution in [0.2, 0.25) is 0 Å². The first-order chi connectivity index (χ1) is 14.4.